The fraction of sp³-hybridized carbons (Fsp3) is 0.286. The van der Waals surface area contributed by atoms with Crippen LogP contribution in [0.25, 0.3) is 5.69 Å². The molecule has 10 heteroatoms. The average molecular weight is 337 g/mol. The van der Waals surface area contributed by atoms with Crippen LogP contribution in [0.15, 0.2) is 42.7 Å². The smallest absolute Gasteiger partial charge is 0.373 e. The Labute approximate surface area is 135 Å². The van der Waals surface area contributed by atoms with Crippen molar-refractivity contribution in [2.45, 2.75) is 25.7 Å². The minimum Gasteiger partial charge on any atom is -0.373 e. The molecule has 0 spiro atoms. The lowest BCUT2D eigenvalue weighted by atomic mass is 10.2. The van der Waals surface area contributed by atoms with Crippen molar-refractivity contribution in [1.82, 2.24) is 30.0 Å². The predicted octanol–water partition coefficient (Wildman–Crippen LogP) is 2.59. The van der Waals surface area contributed by atoms with Crippen LogP contribution in [0.5, 0.6) is 0 Å². The topological polar surface area (TPSA) is 73.5 Å². The van der Waals surface area contributed by atoms with E-state index in [1.54, 1.807) is 4.68 Å². The predicted molar refractivity (Wildman–Crippen MR) is 79.5 cm³/mol. The highest BCUT2D eigenvalue weighted by Gasteiger charge is 2.28. The second-order valence-corrected chi connectivity index (χ2v) is 5.19. The zero-order valence-corrected chi connectivity index (χ0v) is 12.6. The van der Waals surface area contributed by atoms with E-state index in [-0.39, 0.29) is 6.04 Å². The Hall–Kier alpha value is -2.91. The van der Waals surface area contributed by atoms with Gasteiger partial charge in [0.2, 0.25) is 0 Å². The average Bonchev–Trinajstić information content (AvgIpc) is 3.16. The summed E-state index contributed by atoms with van der Waals surface area (Å²) in [6, 6.07) is 8.98. The van der Waals surface area contributed by atoms with Gasteiger partial charge in [-0.25, -0.2) is 0 Å². The van der Waals surface area contributed by atoms with Crippen LogP contribution in [0.2, 0.25) is 0 Å². The van der Waals surface area contributed by atoms with Gasteiger partial charge in [-0.1, -0.05) is 18.2 Å². The fourth-order valence-corrected chi connectivity index (χ4v) is 2.24. The number of nitrogens with zero attached hydrogens (tertiary/aromatic N) is 6. The number of nitrogens with one attached hydrogen (secondary N) is 1. The molecule has 3 rings (SSSR count). The van der Waals surface area contributed by atoms with Crippen LogP contribution >= 0.6 is 0 Å². The maximum absolute atomic E-state index is 12.4. The van der Waals surface area contributed by atoms with Gasteiger partial charge < -0.3 is 5.32 Å². The monoisotopic (exact) mass is 337 g/mol. The Morgan fingerprint density at radius 2 is 1.96 bits per heavy atom. The van der Waals surface area contributed by atoms with Gasteiger partial charge in [0.05, 0.1) is 23.6 Å². The van der Waals surface area contributed by atoms with E-state index < -0.39 is 12.7 Å². The van der Waals surface area contributed by atoms with E-state index >= 15 is 0 Å². The van der Waals surface area contributed by atoms with E-state index in [9.17, 15) is 13.2 Å². The Bertz CT molecular complexity index is 794. The van der Waals surface area contributed by atoms with Gasteiger partial charge in [0.25, 0.3) is 0 Å². The zero-order valence-electron chi connectivity index (χ0n) is 12.6. The molecule has 1 atom stereocenters. The molecule has 7 nitrogen and oxygen atoms in total. The van der Waals surface area contributed by atoms with E-state index in [0.717, 1.165) is 10.4 Å². The molecular weight excluding hydrogens is 323 g/mol. The molecule has 0 saturated carbocycles. The van der Waals surface area contributed by atoms with Gasteiger partial charge in [-0.05, 0) is 29.5 Å². The fourth-order valence-electron chi connectivity index (χ4n) is 2.24. The largest absolute Gasteiger partial charge is 0.408 e. The van der Waals surface area contributed by atoms with Crippen molar-refractivity contribution in [2.24, 2.45) is 0 Å². The molecule has 0 bridgehead atoms. The number of halogens is 3. The molecule has 0 saturated heterocycles. The number of tetrazole rings is 1. The third kappa shape index (κ3) is 3.70. The van der Waals surface area contributed by atoms with Crippen molar-refractivity contribution < 1.29 is 13.2 Å². The first-order valence-corrected chi connectivity index (χ1v) is 7.12. The number of para-hydroxylation sites is 1. The molecule has 2 aromatic heterocycles. The Kier molecular flexibility index (Phi) is 4.19. The Balaban J connectivity index is 1.75. The van der Waals surface area contributed by atoms with Gasteiger partial charge in [-0.3, -0.25) is 4.68 Å². The summed E-state index contributed by atoms with van der Waals surface area (Å²) in [4.78, 5) is 0. The normalized spacial score (nSPS) is 13.0. The SMILES string of the molecule is C[C@@H](Nc1cnn(CC(F)(F)F)c1)c1nnnn1-c1ccccc1. The second-order valence-electron chi connectivity index (χ2n) is 5.19. The van der Waals surface area contributed by atoms with Crippen molar-refractivity contribution >= 4 is 5.69 Å². The minimum atomic E-state index is -4.31. The molecule has 24 heavy (non-hydrogen) atoms. The first kappa shape index (κ1) is 16.0. The van der Waals surface area contributed by atoms with Crippen LogP contribution in [-0.4, -0.2) is 36.2 Å². The summed E-state index contributed by atoms with van der Waals surface area (Å²) in [5.74, 6) is 0.532. The van der Waals surface area contributed by atoms with Gasteiger partial charge >= 0.3 is 6.18 Å². The molecule has 126 valence electrons. The van der Waals surface area contributed by atoms with Crippen molar-refractivity contribution in [3.63, 3.8) is 0 Å². The summed E-state index contributed by atoms with van der Waals surface area (Å²) in [6.45, 7) is 0.678. The van der Waals surface area contributed by atoms with Gasteiger partial charge in [0, 0.05) is 6.20 Å². The van der Waals surface area contributed by atoms with Crippen molar-refractivity contribution in [3.05, 3.63) is 48.5 Å². The molecule has 0 radical (unpaired) electrons. The number of hydrogen-bond acceptors (Lipinski definition) is 5. The number of rotatable bonds is 5. The third-order valence-corrected chi connectivity index (χ3v) is 3.24. The minimum absolute atomic E-state index is 0.330. The van der Waals surface area contributed by atoms with E-state index in [0.29, 0.717) is 11.5 Å². The lowest BCUT2D eigenvalue weighted by Gasteiger charge is -2.13. The summed E-state index contributed by atoms with van der Waals surface area (Å²) in [5.41, 5.74) is 1.24. The molecule has 0 amide bonds. The lowest BCUT2D eigenvalue weighted by molar-refractivity contribution is -0.142. The number of benzene rings is 1. The Morgan fingerprint density at radius 1 is 1.21 bits per heavy atom. The first-order chi connectivity index (χ1) is 11.4. The quantitative estimate of drug-likeness (QED) is 0.775. The number of alkyl halides is 3. The molecule has 0 aliphatic rings. The standard InChI is InChI=1S/C14H14F3N7/c1-10(19-11-7-18-23(8-11)9-14(15,16)17)13-20-21-22-24(13)12-5-3-2-4-6-12/h2-8,10,19H,9H2,1H3/t10-/m1/s1. The highest BCUT2D eigenvalue weighted by atomic mass is 19.4. The highest BCUT2D eigenvalue weighted by Crippen LogP contribution is 2.21. The Morgan fingerprint density at radius 3 is 2.67 bits per heavy atom. The second kappa shape index (κ2) is 6.30. The van der Waals surface area contributed by atoms with Crippen LogP contribution in [0, 0.1) is 0 Å². The van der Waals surface area contributed by atoms with Gasteiger partial charge in [-0.2, -0.15) is 23.0 Å². The number of hydrogen-bond donors (Lipinski definition) is 1. The molecule has 0 fully saturated rings. The molecule has 0 unspecified atom stereocenters. The van der Waals surface area contributed by atoms with E-state index in [2.05, 4.69) is 25.9 Å². The molecule has 1 N–H and O–H groups in total. The van der Waals surface area contributed by atoms with Crippen LogP contribution < -0.4 is 5.32 Å². The molecular formula is C14H14F3N7. The molecule has 0 aliphatic heterocycles. The molecule has 3 aromatic rings. The third-order valence-electron chi connectivity index (χ3n) is 3.24. The van der Waals surface area contributed by atoms with Crippen molar-refractivity contribution in [3.8, 4) is 5.69 Å². The van der Waals surface area contributed by atoms with Gasteiger partial charge in [0.1, 0.15) is 6.54 Å². The molecule has 1 aromatic carbocycles. The van der Waals surface area contributed by atoms with Crippen LogP contribution in [-0.2, 0) is 6.54 Å². The molecule has 2 heterocycles. The van der Waals surface area contributed by atoms with E-state index in [4.69, 9.17) is 0 Å². The van der Waals surface area contributed by atoms with Crippen LogP contribution in [0.4, 0.5) is 18.9 Å². The van der Waals surface area contributed by atoms with Gasteiger partial charge in [-0.15, -0.1) is 5.10 Å². The zero-order chi connectivity index (χ0) is 17.2. The van der Waals surface area contributed by atoms with Gasteiger partial charge in [0.15, 0.2) is 5.82 Å². The molecule has 0 aliphatic carbocycles. The van der Waals surface area contributed by atoms with Crippen molar-refractivity contribution in [1.29, 1.82) is 0 Å². The van der Waals surface area contributed by atoms with E-state index in [1.807, 2.05) is 37.3 Å². The maximum atomic E-state index is 12.4. The van der Waals surface area contributed by atoms with Crippen LogP contribution in [0.1, 0.15) is 18.8 Å². The van der Waals surface area contributed by atoms with E-state index in [1.165, 1.54) is 12.4 Å². The summed E-state index contributed by atoms with van der Waals surface area (Å²) in [5, 5.41) is 18.3. The summed E-state index contributed by atoms with van der Waals surface area (Å²) >= 11 is 0. The number of anilines is 1. The number of aromatic nitrogens is 6. The lowest BCUT2D eigenvalue weighted by Crippen LogP contribution is -2.18. The summed E-state index contributed by atoms with van der Waals surface area (Å²) < 4.78 is 39.5. The summed E-state index contributed by atoms with van der Waals surface area (Å²) in [7, 11) is 0. The van der Waals surface area contributed by atoms with Crippen molar-refractivity contribution in [2.75, 3.05) is 5.32 Å². The highest BCUT2D eigenvalue weighted by molar-refractivity contribution is 5.40. The van der Waals surface area contributed by atoms with Crippen LogP contribution in [0.3, 0.4) is 0 Å². The first-order valence-electron chi connectivity index (χ1n) is 7.12. The maximum Gasteiger partial charge on any atom is 0.408 e. The summed E-state index contributed by atoms with van der Waals surface area (Å²) in [6.07, 6.45) is -1.69.